The zero-order valence-electron chi connectivity index (χ0n) is 9.08. The van der Waals surface area contributed by atoms with E-state index in [-0.39, 0.29) is 5.56 Å². The lowest BCUT2D eigenvalue weighted by atomic mass is 10.3. The Bertz CT molecular complexity index is 556. The lowest BCUT2D eigenvalue weighted by Gasteiger charge is -2.05. The zero-order valence-corrected chi connectivity index (χ0v) is 9.90. The predicted molar refractivity (Wildman–Crippen MR) is 60.3 cm³/mol. The summed E-state index contributed by atoms with van der Waals surface area (Å²) in [4.78, 5) is 42.0. The fraction of sp³-hybridized carbons (Fsp3) is 0.333. The summed E-state index contributed by atoms with van der Waals surface area (Å²) in [5.74, 6) is -1.29. The Morgan fingerprint density at radius 1 is 1.61 bits per heavy atom. The van der Waals surface area contributed by atoms with Gasteiger partial charge in [-0.25, -0.2) is 15.3 Å². The largest absolute Gasteiger partial charge is 0.479 e. The quantitative estimate of drug-likeness (QED) is 0.539. The van der Waals surface area contributed by atoms with E-state index < -0.39 is 24.0 Å². The highest BCUT2D eigenvalue weighted by atomic mass is 32.2. The monoisotopic (exact) mass is 271 g/mol. The molecule has 0 aliphatic carbocycles. The van der Waals surface area contributed by atoms with Gasteiger partial charge < -0.3 is 5.11 Å². The molecular weight excluding hydrogens is 262 g/mol. The number of hydroxylamine groups is 1. The van der Waals surface area contributed by atoms with Crippen LogP contribution >= 0.6 is 11.8 Å². The average molecular weight is 271 g/mol. The molecule has 0 atom stereocenters. The molecule has 0 fully saturated rings. The van der Waals surface area contributed by atoms with Crippen LogP contribution in [0.25, 0.3) is 0 Å². The van der Waals surface area contributed by atoms with Gasteiger partial charge in [-0.2, -0.15) is 0 Å². The van der Waals surface area contributed by atoms with Crippen molar-refractivity contribution < 1.29 is 19.5 Å². The highest BCUT2D eigenvalue weighted by Crippen LogP contribution is 2.20. The summed E-state index contributed by atoms with van der Waals surface area (Å²) in [7, 11) is 0. The van der Waals surface area contributed by atoms with Crippen molar-refractivity contribution in [3.63, 3.8) is 0 Å². The summed E-state index contributed by atoms with van der Waals surface area (Å²) >= 11 is 1.44. The van der Waals surface area contributed by atoms with E-state index in [0.717, 1.165) is 11.9 Å². The number of hydrogen-bond donors (Lipinski definition) is 2. The number of carbonyl (C=O) groups is 2. The Labute approximate surface area is 105 Å². The number of amides is 1. The molecule has 1 aliphatic rings. The van der Waals surface area contributed by atoms with E-state index in [4.69, 9.17) is 5.11 Å². The van der Waals surface area contributed by atoms with Crippen LogP contribution in [0.1, 0.15) is 10.4 Å². The Morgan fingerprint density at radius 2 is 2.39 bits per heavy atom. The molecule has 0 saturated heterocycles. The highest BCUT2D eigenvalue weighted by molar-refractivity contribution is 7.99. The molecule has 9 heteroatoms. The Balaban J connectivity index is 2.12. The van der Waals surface area contributed by atoms with Gasteiger partial charge in [-0.15, -0.1) is 0 Å². The van der Waals surface area contributed by atoms with Gasteiger partial charge in [0.25, 0.3) is 11.5 Å². The number of nitrogens with one attached hydrogen (secondary N) is 1. The van der Waals surface area contributed by atoms with Gasteiger partial charge in [-0.1, -0.05) is 11.8 Å². The van der Waals surface area contributed by atoms with E-state index in [9.17, 15) is 14.4 Å². The zero-order chi connectivity index (χ0) is 13.1. The molecule has 0 saturated carbocycles. The number of nitrogens with zero attached hydrogens (tertiary/aromatic N) is 2. The van der Waals surface area contributed by atoms with Crippen LogP contribution in [-0.2, 0) is 16.2 Å². The molecule has 2 N–H and O–H groups in total. The minimum atomic E-state index is -1.23. The van der Waals surface area contributed by atoms with E-state index in [2.05, 4.69) is 9.82 Å². The molecule has 8 nitrogen and oxygen atoms in total. The van der Waals surface area contributed by atoms with Crippen molar-refractivity contribution in [2.24, 2.45) is 0 Å². The van der Waals surface area contributed by atoms with Crippen LogP contribution in [0.4, 0.5) is 0 Å². The molecule has 0 aromatic carbocycles. The summed E-state index contributed by atoms with van der Waals surface area (Å²) in [6.45, 7) is -0.176. The number of aromatic nitrogens is 2. The molecule has 0 spiro atoms. The van der Waals surface area contributed by atoms with Crippen LogP contribution in [0, 0.1) is 0 Å². The third-order valence-corrected chi connectivity index (χ3v) is 3.13. The number of carbonyl (C=O) groups excluding carboxylic acids is 1. The van der Waals surface area contributed by atoms with Crippen LogP contribution in [-0.4, -0.2) is 38.9 Å². The van der Waals surface area contributed by atoms with E-state index >= 15 is 0 Å². The Morgan fingerprint density at radius 3 is 3.11 bits per heavy atom. The summed E-state index contributed by atoms with van der Waals surface area (Å²) < 4.78 is 1.40. The van der Waals surface area contributed by atoms with Crippen molar-refractivity contribution in [2.45, 2.75) is 11.7 Å². The van der Waals surface area contributed by atoms with Gasteiger partial charge in [0.1, 0.15) is 5.56 Å². The molecule has 2 rings (SSSR count). The van der Waals surface area contributed by atoms with E-state index in [1.54, 1.807) is 0 Å². The second-order valence-electron chi connectivity index (χ2n) is 3.37. The maximum atomic E-state index is 11.9. The first-order valence-corrected chi connectivity index (χ1v) is 5.94. The molecule has 2 heterocycles. The third-order valence-electron chi connectivity index (χ3n) is 2.16. The van der Waals surface area contributed by atoms with Gasteiger partial charge in [0.2, 0.25) is 0 Å². The predicted octanol–water partition coefficient (Wildman–Crippen LogP) is -0.905. The van der Waals surface area contributed by atoms with Crippen LogP contribution < -0.4 is 11.0 Å². The molecule has 1 aromatic heterocycles. The van der Waals surface area contributed by atoms with E-state index in [0.29, 0.717) is 11.7 Å². The van der Waals surface area contributed by atoms with Gasteiger partial charge in [-0.3, -0.25) is 19.0 Å². The molecular formula is C9H9N3O5S. The number of fused-ring (bicyclic) bond motifs is 1. The average Bonchev–Trinajstić information content (AvgIpc) is 2.77. The molecule has 1 aliphatic heterocycles. The minimum Gasteiger partial charge on any atom is -0.479 e. The first-order valence-electron chi connectivity index (χ1n) is 4.96. The second kappa shape index (κ2) is 5.19. The number of hydrogen-bond acceptors (Lipinski definition) is 6. The Kier molecular flexibility index (Phi) is 3.63. The van der Waals surface area contributed by atoms with Gasteiger partial charge in [0, 0.05) is 18.5 Å². The molecule has 0 radical (unpaired) electrons. The summed E-state index contributed by atoms with van der Waals surface area (Å²) in [6, 6.07) is 0. The molecule has 1 amide bonds. The number of rotatable bonds is 4. The van der Waals surface area contributed by atoms with Crippen LogP contribution in [0.3, 0.4) is 0 Å². The lowest BCUT2D eigenvalue weighted by Crippen LogP contribution is -2.34. The van der Waals surface area contributed by atoms with Gasteiger partial charge >= 0.3 is 5.97 Å². The van der Waals surface area contributed by atoms with Crippen LogP contribution in [0.2, 0.25) is 0 Å². The van der Waals surface area contributed by atoms with Crippen molar-refractivity contribution in [3.8, 4) is 0 Å². The number of thioether (sulfide) groups is 1. The summed E-state index contributed by atoms with van der Waals surface area (Å²) in [5.41, 5.74) is 1.25. The second-order valence-corrected chi connectivity index (χ2v) is 4.44. The smallest absolute Gasteiger partial charge is 0.332 e. The van der Waals surface area contributed by atoms with Crippen molar-refractivity contribution in [1.29, 1.82) is 0 Å². The topological polar surface area (TPSA) is 111 Å². The first-order chi connectivity index (χ1) is 8.59. The Hall–Kier alpha value is -1.87. The highest BCUT2D eigenvalue weighted by Gasteiger charge is 2.20. The van der Waals surface area contributed by atoms with Crippen molar-refractivity contribution >= 4 is 23.6 Å². The van der Waals surface area contributed by atoms with Gasteiger partial charge in [0.15, 0.2) is 11.8 Å². The van der Waals surface area contributed by atoms with Gasteiger partial charge in [-0.05, 0) is 0 Å². The lowest BCUT2D eigenvalue weighted by molar-refractivity contribution is -0.144. The first kappa shape index (κ1) is 12.6. The standard InChI is InChI=1S/C9H9N3O5S/c13-6(14)4-17-11-7(15)5-3-10-9-12(8(5)16)1-2-18-9/h3H,1-2,4H2,(H,11,15)(H,13,14). The minimum absolute atomic E-state index is 0.174. The maximum absolute atomic E-state index is 11.9. The summed E-state index contributed by atoms with van der Waals surface area (Å²) in [6.07, 6.45) is 1.16. The fourth-order valence-electron chi connectivity index (χ4n) is 1.39. The molecule has 18 heavy (non-hydrogen) atoms. The third kappa shape index (κ3) is 2.51. The molecule has 0 unspecified atom stereocenters. The number of carboxylic acid groups (broad SMARTS) is 1. The number of aliphatic carboxylic acids is 1. The van der Waals surface area contributed by atoms with Crippen molar-refractivity contribution in [3.05, 3.63) is 22.1 Å². The van der Waals surface area contributed by atoms with Crippen LogP contribution in [0.5, 0.6) is 0 Å². The fourth-order valence-corrected chi connectivity index (χ4v) is 2.31. The number of carboxylic acids is 1. The van der Waals surface area contributed by atoms with Crippen molar-refractivity contribution in [2.75, 3.05) is 12.4 Å². The maximum Gasteiger partial charge on any atom is 0.332 e. The molecule has 0 bridgehead atoms. The van der Waals surface area contributed by atoms with E-state index in [1.165, 1.54) is 16.3 Å². The van der Waals surface area contributed by atoms with Crippen molar-refractivity contribution in [1.82, 2.24) is 15.0 Å². The molecule has 1 aromatic rings. The van der Waals surface area contributed by atoms with Gasteiger partial charge in [0.05, 0.1) is 0 Å². The normalized spacial score (nSPS) is 13.1. The van der Waals surface area contributed by atoms with E-state index in [1.807, 2.05) is 5.48 Å². The summed E-state index contributed by atoms with van der Waals surface area (Å²) in [5, 5.41) is 8.89. The molecule has 96 valence electrons. The van der Waals surface area contributed by atoms with Crippen LogP contribution in [0.15, 0.2) is 16.1 Å². The SMILES string of the molecule is O=C(O)CONC(=O)c1cnc2n(c1=O)CCS2.